The van der Waals surface area contributed by atoms with Gasteiger partial charge in [0.2, 0.25) is 5.91 Å². The van der Waals surface area contributed by atoms with Crippen LogP contribution in [0.5, 0.6) is 0 Å². The van der Waals surface area contributed by atoms with Crippen LogP contribution < -0.4 is 4.90 Å². The summed E-state index contributed by atoms with van der Waals surface area (Å²) in [5.74, 6) is 1.09. The van der Waals surface area contributed by atoms with Gasteiger partial charge in [-0.15, -0.1) is 0 Å². The topological polar surface area (TPSA) is 51.0 Å². The molecule has 6 heteroatoms. The lowest BCUT2D eigenvalue weighted by molar-refractivity contribution is -0.116. The molecule has 0 aliphatic carbocycles. The molecule has 2 aromatic heterocycles. The first-order chi connectivity index (χ1) is 10.1. The van der Waals surface area contributed by atoms with Crippen molar-refractivity contribution in [2.45, 2.75) is 20.3 Å². The Morgan fingerprint density at radius 2 is 2.29 bits per heavy atom. The van der Waals surface area contributed by atoms with Gasteiger partial charge in [0.1, 0.15) is 0 Å². The normalized spacial score (nSPS) is 10.6. The van der Waals surface area contributed by atoms with Gasteiger partial charge in [0, 0.05) is 19.7 Å². The summed E-state index contributed by atoms with van der Waals surface area (Å²) in [7, 11) is 0. The Balaban J connectivity index is 2.25. The molecule has 0 N–H and O–H groups in total. The minimum absolute atomic E-state index is 0.0462. The van der Waals surface area contributed by atoms with Crippen LogP contribution >= 0.6 is 11.8 Å². The summed E-state index contributed by atoms with van der Waals surface area (Å²) in [4.78, 5) is 17.8. The van der Waals surface area contributed by atoms with Crippen molar-refractivity contribution in [2.75, 3.05) is 23.5 Å². The lowest BCUT2D eigenvalue weighted by atomic mass is 10.3. The monoisotopic (exact) mass is 304 g/mol. The van der Waals surface area contributed by atoms with Gasteiger partial charge >= 0.3 is 0 Å². The molecule has 0 unspecified atom stereocenters. The number of aryl methyl sites for hydroxylation is 1. The van der Waals surface area contributed by atoms with Crippen LogP contribution in [0.25, 0.3) is 5.69 Å². The Hall–Kier alpha value is -1.82. The third kappa shape index (κ3) is 3.85. The van der Waals surface area contributed by atoms with E-state index in [1.165, 1.54) is 0 Å². The SMILES string of the molecule is CSCCCN(C(C)=O)c1cn(-c2cccnc2)nc1C. The van der Waals surface area contributed by atoms with Crippen LogP contribution in [-0.2, 0) is 4.79 Å². The quantitative estimate of drug-likeness (QED) is 0.770. The van der Waals surface area contributed by atoms with Gasteiger partial charge in [-0.1, -0.05) is 0 Å². The molecule has 0 bridgehead atoms. The number of thioether (sulfide) groups is 1. The molecule has 2 rings (SSSR count). The lowest BCUT2D eigenvalue weighted by Gasteiger charge is -2.19. The lowest BCUT2D eigenvalue weighted by Crippen LogP contribution is -2.30. The van der Waals surface area contributed by atoms with Crippen LogP contribution in [-0.4, -0.2) is 39.2 Å². The number of anilines is 1. The fourth-order valence-electron chi connectivity index (χ4n) is 2.15. The molecule has 1 amide bonds. The smallest absolute Gasteiger partial charge is 0.223 e. The average molecular weight is 304 g/mol. The molecule has 0 aliphatic heterocycles. The largest absolute Gasteiger partial charge is 0.309 e. The maximum atomic E-state index is 11.9. The highest BCUT2D eigenvalue weighted by molar-refractivity contribution is 7.98. The minimum Gasteiger partial charge on any atom is -0.309 e. The molecule has 2 aromatic rings. The van der Waals surface area contributed by atoms with Gasteiger partial charge in [-0.3, -0.25) is 9.78 Å². The highest BCUT2D eigenvalue weighted by Gasteiger charge is 2.17. The van der Waals surface area contributed by atoms with Crippen LogP contribution in [0.4, 0.5) is 5.69 Å². The third-order valence-electron chi connectivity index (χ3n) is 3.18. The van der Waals surface area contributed by atoms with Crippen molar-refractivity contribution in [1.82, 2.24) is 14.8 Å². The van der Waals surface area contributed by atoms with Gasteiger partial charge in [-0.2, -0.15) is 16.9 Å². The second kappa shape index (κ2) is 7.26. The van der Waals surface area contributed by atoms with Gasteiger partial charge in [0.25, 0.3) is 0 Å². The molecule has 21 heavy (non-hydrogen) atoms. The molecule has 0 aromatic carbocycles. The average Bonchev–Trinajstić information content (AvgIpc) is 2.86. The van der Waals surface area contributed by atoms with E-state index < -0.39 is 0 Å². The molecular formula is C15H20N4OS. The summed E-state index contributed by atoms with van der Waals surface area (Å²) >= 11 is 1.79. The van der Waals surface area contributed by atoms with Gasteiger partial charge in [-0.05, 0) is 37.5 Å². The van der Waals surface area contributed by atoms with Crippen molar-refractivity contribution in [3.05, 3.63) is 36.4 Å². The first kappa shape index (κ1) is 15.6. The number of pyridine rings is 1. The second-order valence-corrected chi connectivity index (χ2v) is 5.76. The Morgan fingerprint density at radius 3 is 2.90 bits per heavy atom. The van der Waals surface area contributed by atoms with Crippen molar-refractivity contribution in [2.24, 2.45) is 0 Å². The molecule has 0 aliphatic rings. The van der Waals surface area contributed by atoms with E-state index in [0.717, 1.165) is 35.8 Å². The van der Waals surface area contributed by atoms with Crippen molar-refractivity contribution < 1.29 is 4.79 Å². The standard InChI is InChI=1S/C15H20N4OS/c1-12-15(18(13(2)20)8-5-9-21-3)11-19(17-12)14-6-4-7-16-10-14/h4,6-7,10-11H,5,8-9H2,1-3H3. The van der Waals surface area contributed by atoms with Gasteiger partial charge in [-0.25, -0.2) is 4.68 Å². The van der Waals surface area contributed by atoms with Crippen molar-refractivity contribution >= 4 is 23.4 Å². The maximum Gasteiger partial charge on any atom is 0.223 e. The first-order valence-electron chi connectivity index (χ1n) is 6.87. The minimum atomic E-state index is 0.0462. The Labute approximate surface area is 129 Å². The van der Waals surface area contributed by atoms with Gasteiger partial charge in [0.05, 0.1) is 29.5 Å². The molecule has 2 heterocycles. The summed E-state index contributed by atoms with van der Waals surface area (Å²) in [6.45, 7) is 4.24. The molecule has 0 saturated heterocycles. The number of hydrogen-bond donors (Lipinski definition) is 0. The summed E-state index contributed by atoms with van der Waals surface area (Å²) in [5.41, 5.74) is 2.60. The molecule has 112 valence electrons. The number of hydrogen-bond acceptors (Lipinski definition) is 4. The van der Waals surface area contributed by atoms with E-state index in [4.69, 9.17) is 0 Å². The molecule has 0 radical (unpaired) electrons. The number of carbonyl (C=O) groups is 1. The van der Waals surface area contributed by atoms with Gasteiger partial charge in [0.15, 0.2) is 0 Å². The summed E-state index contributed by atoms with van der Waals surface area (Å²) < 4.78 is 1.77. The number of carbonyl (C=O) groups excluding carboxylic acids is 1. The Bertz CT molecular complexity index is 597. The van der Waals surface area contributed by atoms with E-state index in [0.29, 0.717) is 0 Å². The molecule has 0 saturated carbocycles. The van der Waals surface area contributed by atoms with E-state index in [1.807, 2.05) is 25.3 Å². The molecular weight excluding hydrogens is 284 g/mol. The van der Waals surface area contributed by atoms with Crippen LogP contribution in [0, 0.1) is 6.92 Å². The zero-order valence-corrected chi connectivity index (χ0v) is 13.4. The van der Waals surface area contributed by atoms with E-state index in [9.17, 15) is 4.79 Å². The van der Waals surface area contributed by atoms with Crippen LogP contribution in [0.2, 0.25) is 0 Å². The summed E-state index contributed by atoms with van der Waals surface area (Å²) in [5, 5.41) is 4.49. The molecule has 0 spiro atoms. The molecule has 5 nitrogen and oxygen atoms in total. The van der Waals surface area contributed by atoms with Crippen molar-refractivity contribution in [1.29, 1.82) is 0 Å². The number of amides is 1. The predicted molar refractivity (Wildman–Crippen MR) is 87.1 cm³/mol. The Kier molecular flexibility index (Phi) is 5.38. The third-order valence-corrected chi connectivity index (χ3v) is 3.88. The van der Waals surface area contributed by atoms with E-state index in [1.54, 1.807) is 40.7 Å². The fraction of sp³-hybridized carbons (Fsp3) is 0.400. The van der Waals surface area contributed by atoms with Crippen molar-refractivity contribution in [3.63, 3.8) is 0 Å². The Morgan fingerprint density at radius 1 is 1.48 bits per heavy atom. The van der Waals surface area contributed by atoms with E-state index in [2.05, 4.69) is 16.3 Å². The zero-order chi connectivity index (χ0) is 15.2. The van der Waals surface area contributed by atoms with E-state index >= 15 is 0 Å². The van der Waals surface area contributed by atoms with Crippen LogP contribution in [0.3, 0.4) is 0 Å². The van der Waals surface area contributed by atoms with Gasteiger partial charge < -0.3 is 4.90 Å². The highest BCUT2D eigenvalue weighted by atomic mass is 32.2. The van der Waals surface area contributed by atoms with E-state index in [-0.39, 0.29) is 5.91 Å². The van der Waals surface area contributed by atoms with Crippen LogP contribution in [0.15, 0.2) is 30.7 Å². The summed E-state index contributed by atoms with van der Waals surface area (Å²) in [6.07, 6.45) is 8.42. The fourth-order valence-corrected chi connectivity index (χ4v) is 2.57. The first-order valence-corrected chi connectivity index (χ1v) is 8.26. The second-order valence-electron chi connectivity index (χ2n) is 4.77. The van der Waals surface area contributed by atoms with Crippen molar-refractivity contribution in [3.8, 4) is 5.69 Å². The highest BCUT2D eigenvalue weighted by Crippen LogP contribution is 2.21. The number of nitrogens with zero attached hydrogens (tertiary/aromatic N) is 4. The summed E-state index contributed by atoms with van der Waals surface area (Å²) in [6, 6.07) is 3.81. The molecule has 0 atom stereocenters. The zero-order valence-electron chi connectivity index (χ0n) is 12.6. The molecule has 0 fully saturated rings. The number of aromatic nitrogens is 3. The number of rotatable bonds is 6. The predicted octanol–water partition coefficient (Wildman–Crippen LogP) is 2.68. The maximum absolute atomic E-state index is 11.9. The van der Waals surface area contributed by atoms with Crippen LogP contribution in [0.1, 0.15) is 19.0 Å².